The molecule has 0 spiro atoms. The van der Waals surface area contributed by atoms with Crippen LogP contribution < -0.4 is 10.6 Å². The first-order valence-electron chi connectivity index (χ1n) is 9.86. The van der Waals surface area contributed by atoms with Crippen LogP contribution in [0.15, 0.2) is 40.9 Å². The van der Waals surface area contributed by atoms with Gasteiger partial charge in [0.15, 0.2) is 11.6 Å². The molecule has 0 unspecified atom stereocenters. The van der Waals surface area contributed by atoms with Crippen molar-refractivity contribution in [3.05, 3.63) is 65.2 Å². The van der Waals surface area contributed by atoms with Gasteiger partial charge in [-0.2, -0.15) is 10.1 Å². The van der Waals surface area contributed by atoms with Crippen LogP contribution in [-0.4, -0.2) is 25.3 Å². The number of anilines is 3. The molecule has 1 aliphatic carbocycles. The second-order valence-corrected chi connectivity index (χ2v) is 7.48. The van der Waals surface area contributed by atoms with Crippen molar-refractivity contribution in [2.45, 2.75) is 32.2 Å². The van der Waals surface area contributed by atoms with Crippen LogP contribution in [0.1, 0.15) is 35.9 Å². The fraction of sp³-hybridized carbons (Fsp3) is 0.238. The number of aromatic nitrogens is 5. The van der Waals surface area contributed by atoms with E-state index in [9.17, 15) is 8.78 Å². The molecule has 3 heterocycles. The van der Waals surface area contributed by atoms with Crippen LogP contribution >= 0.6 is 0 Å². The molecule has 1 saturated carbocycles. The van der Waals surface area contributed by atoms with Gasteiger partial charge in [-0.05, 0) is 31.9 Å². The molecular formula is C21H19F2N7O. The zero-order valence-corrected chi connectivity index (χ0v) is 16.6. The molecule has 0 saturated heterocycles. The molecule has 5 rings (SSSR count). The molecule has 31 heavy (non-hydrogen) atoms. The number of rotatable bonds is 7. The van der Waals surface area contributed by atoms with Gasteiger partial charge in [0.05, 0.1) is 6.54 Å². The summed E-state index contributed by atoms with van der Waals surface area (Å²) in [7, 11) is 0. The summed E-state index contributed by atoms with van der Waals surface area (Å²) >= 11 is 0. The summed E-state index contributed by atoms with van der Waals surface area (Å²) in [6, 6.07) is 8.71. The topological polar surface area (TPSA) is 105 Å². The average Bonchev–Trinajstić information content (AvgIpc) is 3.29. The van der Waals surface area contributed by atoms with Gasteiger partial charge in [0.2, 0.25) is 5.95 Å². The summed E-state index contributed by atoms with van der Waals surface area (Å²) in [5.74, 6) is 1.40. The molecule has 0 radical (unpaired) electrons. The number of nitrogens with zero attached hydrogens (tertiary/aromatic N) is 4. The van der Waals surface area contributed by atoms with Crippen LogP contribution in [-0.2, 0) is 6.54 Å². The standard InChI is InChI=1S/C21H19F2N7O/c1-11-6-19(26-20-9-17(28-29-20)12-2-3-12)27-21(25-11)24-10-14-8-18(30-31-14)15-5-4-13(22)7-16(15)23/h4-9,12H,2-3,10H2,1H3,(H3,24,25,26,27,28,29). The lowest BCUT2D eigenvalue weighted by atomic mass is 10.1. The van der Waals surface area contributed by atoms with E-state index in [0.29, 0.717) is 29.3 Å². The van der Waals surface area contributed by atoms with Gasteiger partial charge in [-0.15, -0.1) is 0 Å². The van der Waals surface area contributed by atoms with Gasteiger partial charge in [-0.25, -0.2) is 13.8 Å². The zero-order chi connectivity index (χ0) is 21.4. The van der Waals surface area contributed by atoms with Gasteiger partial charge in [0, 0.05) is 47.1 Å². The van der Waals surface area contributed by atoms with Crippen LogP contribution in [0.25, 0.3) is 11.3 Å². The Morgan fingerprint density at radius 2 is 1.97 bits per heavy atom. The fourth-order valence-corrected chi connectivity index (χ4v) is 3.23. The lowest BCUT2D eigenvalue weighted by Gasteiger charge is -2.07. The monoisotopic (exact) mass is 423 g/mol. The molecule has 8 nitrogen and oxygen atoms in total. The van der Waals surface area contributed by atoms with Crippen LogP contribution in [0.3, 0.4) is 0 Å². The van der Waals surface area contributed by atoms with Crippen LogP contribution in [0, 0.1) is 18.6 Å². The zero-order valence-electron chi connectivity index (χ0n) is 16.6. The number of H-pyrrole nitrogens is 1. The number of nitrogens with one attached hydrogen (secondary N) is 3. The van der Waals surface area contributed by atoms with Crippen molar-refractivity contribution >= 4 is 17.6 Å². The number of aryl methyl sites for hydroxylation is 1. The largest absolute Gasteiger partial charge is 0.359 e. The lowest BCUT2D eigenvalue weighted by molar-refractivity contribution is 0.389. The Labute approximate surface area is 176 Å². The Morgan fingerprint density at radius 3 is 2.77 bits per heavy atom. The van der Waals surface area contributed by atoms with Crippen LogP contribution in [0.5, 0.6) is 0 Å². The maximum atomic E-state index is 13.9. The smallest absolute Gasteiger partial charge is 0.225 e. The molecule has 0 bridgehead atoms. The first-order chi connectivity index (χ1) is 15.0. The second kappa shape index (κ2) is 7.78. The molecule has 3 N–H and O–H groups in total. The van der Waals surface area contributed by atoms with Crippen molar-refractivity contribution in [2.75, 3.05) is 10.6 Å². The maximum Gasteiger partial charge on any atom is 0.225 e. The molecule has 4 aromatic rings. The van der Waals surface area contributed by atoms with Gasteiger partial charge >= 0.3 is 0 Å². The van der Waals surface area contributed by atoms with Crippen LogP contribution in [0.4, 0.5) is 26.4 Å². The van der Waals surface area contributed by atoms with E-state index < -0.39 is 11.6 Å². The third-order valence-electron chi connectivity index (χ3n) is 4.91. The average molecular weight is 423 g/mol. The predicted octanol–water partition coefficient (Wildman–Crippen LogP) is 4.67. The number of hydrogen-bond donors (Lipinski definition) is 3. The minimum absolute atomic E-state index is 0.166. The van der Waals surface area contributed by atoms with Gasteiger partial charge in [-0.1, -0.05) is 5.16 Å². The highest BCUT2D eigenvalue weighted by molar-refractivity contribution is 5.60. The number of aromatic amines is 1. The molecule has 10 heteroatoms. The molecule has 0 amide bonds. The number of hydrogen-bond acceptors (Lipinski definition) is 7. The minimum atomic E-state index is -0.700. The van der Waals surface area contributed by atoms with Crippen molar-refractivity contribution in [2.24, 2.45) is 0 Å². The Bertz CT molecular complexity index is 1230. The Morgan fingerprint density at radius 1 is 1.10 bits per heavy atom. The van der Waals surface area contributed by atoms with E-state index in [1.165, 1.54) is 25.0 Å². The first kappa shape index (κ1) is 19.2. The molecule has 1 aliphatic rings. The quantitative estimate of drug-likeness (QED) is 0.397. The third-order valence-corrected chi connectivity index (χ3v) is 4.91. The van der Waals surface area contributed by atoms with Crippen LogP contribution in [0.2, 0.25) is 0 Å². The van der Waals surface area contributed by atoms with E-state index in [-0.39, 0.29) is 17.8 Å². The molecule has 0 atom stereocenters. The molecule has 0 aliphatic heterocycles. The summed E-state index contributed by atoms with van der Waals surface area (Å²) < 4.78 is 32.3. The summed E-state index contributed by atoms with van der Waals surface area (Å²) in [4.78, 5) is 8.82. The van der Waals surface area contributed by atoms with Gasteiger partial charge < -0.3 is 15.2 Å². The maximum absolute atomic E-state index is 13.9. The Hall–Kier alpha value is -3.82. The first-order valence-corrected chi connectivity index (χ1v) is 9.86. The number of benzene rings is 1. The van der Waals surface area contributed by atoms with E-state index >= 15 is 0 Å². The van der Waals surface area contributed by atoms with E-state index in [0.717, 1.165) is 17.5 Å². The van der Waals surface area contributed by atoms with E-state index in [1.807, 2.05) is 19.1 Å². The van der Waals surface area contributed by atoms with Crippen molar-refractivity contribution < 1.29 is 13.3 Å². The number of halogens is 2. The van der Waals surface area contributed by atoms with Gasteiger partial charge in [0.25, 0.3) is 0 Å². The van der Waals surface area contributed by atoms with E-state index in [1.54, 1.807) is 6.07 Å². The Kier molecular flexibility index (Phi) is 4.81. The van der Waals surface area contributed by atoms with Gasteiger partial charge in [0.1, 0.15) is 23.1 Å². The van der Waals surface area contributed by atoms with E-state index in [4.69, 9.17) is 4.52 Å². The molecule has 3 aromatic heterocycles. The Balaban J connectivity index is 1.26. The van der Waals surface area contributed by atoms with Crippen molar-refractivity contribution in [1.82, 2.24) is 25.3 Å². The normalized spacial score (nSPS) is 13.4. The predicted molar refractivity (Wildman–Crippen MR) is 110 cm³/mol. The molecule has 1 fully saturated rings. The highest BCUT2D eigenvalue weighted by Crippen LogP contribution is 2.39. The van der Waals surface area contributed by atoms with Crippen molar-refractivity contribution in [1.29, 1.82) is 0 Å². The van der Waals surface area contributed by atoms with E-state index in [2.05, 4.69) is 36.0 Å². The summed E-state index contributed by atoms with van der Waals surface area (Å²) in [6.45, 7) is 2.11. The fourth-order valence-electron chi connectivity index (χ4n) is 3.23. The molecular weight excluding hydrogens is 404 g/mol. The lowest BCUT2D eigenvalue weighted by Crippen LogP contribution is -2.06. The van der Waals surface area contributed by atoms with Crippen molar-refractivity contribution in [3.63, 3.8) is 0 Å². The van der Waals surface area contributed by atoms with Gasteiger partial charge in [-0.3, -0.25) is 5.10 Å². The minimum Gasteiger partial charge on any atom is -0.359 e. The SMILES string of the molecule is Cc1cc(Nc2cc(C3CC3)[nH]n2)nc(NCc2cc(-c3ccc(F)cc3F)no2)n1. The summed E-state index contributed by atoms with van der Waals surface area (Å²) in [5.41, 5.74) is 2.35. The molecule has 1 aromatic carbocycles. The summed E-state index contributed by atoms with van der Waals surface area (Å²) in [6.07, 6.45) is 2.39. The summed E-state index contributed by atoms with van der Waals surface area (Å²) in [5, 5.41) is 17.4. The highest BCUT2D eigenvalue weighted by Gasteiger charge is 2.25. The highest BCUT2D eigenvalue weighted by atomic mass is 19.1. The molecule has 158 valence electrons. The van der Waals surface area contributed by atoms with Crippen molar-refractivity contribution in [3.8, 4) is 11.3 Å². The third kappa shape index (κ3) is 4.37. The second-order valence-electron chi connectivity index (χ2n) is 7.48.